The van der Waals surface area contributed by atoms with Gasteiger partial charge in [-0.15, -0.1) is 0 Å². The maximum Gasteiger partial charge on any atom is 0.285 e. The number of aliphatic hydroxyl groups is 3. The number of ketones is 1. The monoisotopic (exact) mass is 356 g/mol. The summed E-state index contributed by atoms with van der Waals surface area (Å²) in [4.78, 5) is 11.6. The number of hydrogen-bond donors (Lipinski definition) is 3. The van der Waals surface area contributed by atoms with Crippen LogP contribution < -0.4 is 0 Å². The Hall–Kier alpha value is -0.710. The molecule has 25 heavy (non-hydrogen) atoms. The van der Waals surface area contributed by atoms with Crippen LogP contribution in [0.4, 0.5) is 0 Å². The lowest BCUT2D eigenvalue weighted by Crippen LogP contribution is -2.40. The Morgan fingerprint density at radius 2 is 1.24 bits per heavy atom. The van der Waals surface area contributed by atoms with Gasteiger partial charge in [0, 0.05) is 6.42 Å². The van der Waals surface area contributed by atoms with E-state index in [2.05, 4.69) is 19.1 Å². The molecule has 0 aliphatic heterocycles. The molecule has 0 rings (SSSR count). The van der Waals surface area contributed by atoms with E-state index in [1.54, 1.807) is 0 Å². The highest BCUT2D eigenvalue weighted by Crippen LogP contribution is 2.16. The SMILES string of the molecule is CCCCCCCC/C=C\CCCCCCCC(=O)C(C)C(O)(O)O. The van der Waals surface area contributed by atoms with Crippen molar-refractivity contribution in [1.29, 1.82) is 0 Å². The average Bonchev–Trinajstić information content (AvgIpc) is 2.56. The van der Waals surface area contributed by atoms with E-state index in [0.29, 0.717) is 6.42 Å². The fourth-order valence-electron chi connectivity index (χ4n) is 2.80. The number of hydrogen-bond acceptors (Lipinski definition) is 4. The lowest BCUT2D eigenvalue weighted by atomic mass is 9.98. The highest BCUT2D eigenvalue weighted by Gasteiger charge is 2.33. The summed E-state index contributed by atoms with van der Waals surface area (Å²) in [6.45, 7) is 3.58. The van der Waals surface area contributed by atoms with E-state index in [-0.39, 0.29) is 5.78 Å². The molecule has 3 N–H and O–H groups in total. The normalized spacial score (nSPS) is 13.5. The van der Waals surface area contributed by atoms with Gasteiger partial charge in [0.1, 0.15) is 5.78 Å². The molecule has 0 heterocycles. The highest BCUT2D eigenvalue weighted by molar-refractivity contribution is 5.81. The van der Waals surface area contributed by atoms with Crippen LogP contribution in [-0.4, -0.2) is 27.1 Å². The molecule has 1 unspecified atom stereocenters. The van der Waals surface area contributed by atoms with Gasteiger partial charge in [0.2, 0.25) is 0 Å². The Morgan fingerprint density at radius 3 is 1.72 bits per heavy atom. The molecule has 0 saturated carbocycles. The van der Waals surface area contributed by atoms with Crippen molar-refractivity contribution in [2.75, 3.05) is 0 Å². The summed E-state index contributed by atoms with van der Waals surface area (Å²) in [6, 6.07) is 0. The first-order valence-electron chi connectivity index (χ1n) is 10.2. The molecule has 4 heteroatoms. The van der Waals surface area contributed by atoms with Crippen LogP contribution >= 0.6 is 0 Å². The van der Waals surface area contributed by atoms with Crippen molar-refractivity contribution in [3.8, 4) is 0 Å². The summed E-state index contributed by atoms with van der Waals surface area (Å²) in [5.41, 5.74) is 0. The van der Waals surface area contributed by atoms with Gasteiger partial charge in [-0.25, -0.2) is 0 Å². The number of carbonyl (C=O) groups is 1. The second kappa shape index (κ2) is 15.5. The van der Waals surface area contributed by atoms with Crippen molar-refractivity contribution in [1.82, 2.24) is 0 Å². The fraction of sp³-hybridized carbons (Fsp3) is 0.857. The molecular weight excluding hydrogens is 316 g/mol. The largest absolute Gasteiger partial charge is 0.343 e. The molecule has 1 atom stereocenters. The van der Waals surface area contributed by atoms with Crippen LogP contribution in [0.3, 0.4) is 0 Å². The van der Waals surface area contributed by atoms with Crippen LogP contribution in [0.5, 0.6) is 0 Å². The topological polar surface area (TPSA) is 77.8 Å². The molecule has 148 valence electrons. The highest BCUT2D eigenvalue weighted by atomic mass is 16.7. The number of rotatable bonds is 17. The molecular formula is C21H40O4. The van der Waals surface area contributed by atoms with E-state index in [9.17, 15) is 4.79 Å². The number of allylic oxidation sites excluding steroid dienone is 2. The summed E-state index contributed by atoms with van der Waals surface area (Å²) in [5, 5.41) is 26.9. The van der Waals surface area contributed by atoms with E-state index < -0.39 is 11.9 Å². The number of unbranched alkanes of at least 4 members (excludes halogenated alkanes) is 11. The Bertz CT molecular complexity index is 344. The third kappa shape index (κ3) is 15.3. The van der Waals surface area contributed by atoms with Crippen molar-refractivity contribution in [3.05, 3.63) is 12.2 Å². The fourth-order valence-corrected chi connectivity index (χ4v) is 2.80. The van der Waals surface area contributed by atoms with Crippen LogP contribution in [-0.2, 0) is 4.79 Å². The summed E-state index contributed by atoms with van der Waals surface area (Å²) in [6.07, 6.45) is 20.5. The molecule has 0 spiro atoms. The Labute approximate surface area is 154 Å². The third-order valence-corrected chi connectivity index (χ3v) is 4.75. The zero-order valence-corrected chi connectivity index (χ0v) is 16.4. The summed E-state index contributed by atoms with van der Waals surface area (Å²) in [7, 11) is 0. The van der Waals surface area contributed by atoms with Gasteiger partial charge in [-0.2, -0.15) is 0 Å². The quantitative estimate of drug-likeness (QED) is 0.198. The van der Waals surface area contributed by atoms with Crippen LogP contribution in [0.2, 0.25) is 0 Å². The summed E-state index contributed by atoms with van der Waals surface area (Å²) >= 11 is 0. The Balaban J connectivity index is 3.36. The standard InChI is InChI=1S/C21H40O4/c1-3-4-5-6-7-8-9-10-11-12-13-14-15-16-17-18-20(22)19(2)21(23,24)25/h10-11,19,23-25H,3-9,12-18H2,1-2H3/b11-10-. The minimum Gasteiger partial charge on any atom is -0.343 e. The smallest absolute Gasteiger partial charge is 0.285 e. The van der Waals surface area contributed by atoms with Gasteiger partial charge in [0.05, 0.1) is 5.92 Å². The summed E-state index contributed by atoms with van der Waals surface area (Å²) < 4.78 is 0. The predicted octanol–water partition coefficient (Wildman–Crippen LogP) is 4.86. The van der Waals surface area contributed by atoms with Crippen molar-refractivity contribution in [3.63, 3.8) is 0 Å². The molecule has 0 aromatic rings. The van der Waals surface area contributed by atoms with E-state index in [0.717, 1.165) is 32.1 Å². The van der Waals surface area contributed by atoms with Gasteiger partial charge in [-0.3, -0.25) is 4.79 Å². The maximum atomic E-state index is 11.6. The molecule has 0 aromatic carbocycles. The van der Waals surface area contributed by atoms with Crippen molar-refractivity contribution in [2.24, 2.45) is 5.92 Å². The predicted molar refractivity (Wildman–Crippen MR) is 103 cm³/mol. The second-order valence-corrected chi connectivity index (χ2v) is 7.21. The minimum atomic E-state index is -2.89. The molecule has 0 bridgehead atoms. The first-order chi connectivity index (χ1) is 11.9. The van der Waals surface area contributed by atoms with E-state index >= 15 is 0 Å². The van der Waals surface area contributed by atoms with Crippen molar-refractivity contribution >= 4 is 5.78 Å². The lowest BCUT2D eigenvalue weighted by Gasteiger charge is -2.20. The van der Waals surface area contributed by atoms with Gasteiger partial charge >= 0.3 is 0 Å². The van der Waals surface area contributed by atoms with Gasteiger partial charge in [0.15, 0.2) is 0 Å². The van der Waals surface area contributed by atoms with E-state index in [1.165, 1.54) is 58.3 Å². The first kappa shape index (κ1) is 24.3. The van der Waals surface area contributed by atoms with Gasteiger partial charge in [-0.05, 0) is 39.0 Å². The molecule has 0 saturated heterocycles. The molecule has 0 amide bonds. The van der Waals surface area contributed by atoms with Gasteiger partial charge in [-0.1, -0.05) is 70.4 Å². The Kier molecular flexibility index (Phi) is 15.1. The van der Waals surface area contributed by atoms with Gasteiger partial charge in [0.25, 0.3) is 5.97 Å². The molecule has 0 aliphatic carbocycles. The van der Waals surface area contributed by atoms with Crippen LogP contribution in [0.15, 0.2) is 12.2 Å². The van der Waals surface area contributed by atoms with E-state index in [4.69, 9.17) is 15.3 Å². The second-order valence-electron chi connectivity index (χ2n) is 7.21. The first-order valence-corrected chi connectivity index (χ1v) is 10.2. The Morgan fingerprint density at radius 1 is 0.800 bits per heavy atom. The third-order valence-electron chi connectivity index (χ3n) is 4.75. The number of carbonyl (C=O) groups excluding carboxylic acids is 1. The van der Waals surface area contributed by atoms with Crippen molar-refractivity contribution < 1.29 is 20.1 Å². The minimum absolute atomic E-state index is 0.294. The zero-order chi connectivity index (χ0) is 19.0. The molecule has 4 nitrogen and oxygen atoms in total. The zero-order valence-electron chi connectivity index (χ0n) is 16.4. The molecule has 0 aliphatic rings. The summed E-state index contributed by atoms with van der Waals surface area (Å²) in [5.74, 6) is -4.34. The van der Waals surface area contributed by atoms with Gasteiger partial charge < -0.3 is 15.3 Å². The maximum absolute atomic E-state index is 11.6. The van der Waals surface area contributed by atoms with Crippen LogP contribution in [0, 0.1) is 5.92 Å². The number of Topliss-reactive ketones (excluding diaryl/α,β-unsaturated/α-hetero) is 1. The van der Waals surface area contributed by atoms with Crippen LogP contribution in [0.25, 0.3) is 0 Å². The lowest BCUT2D eigenvalue weighted by molar-refractivity contribution is -0.331. The van der Waals surface area contributed by atoms with Crippen molar-refractivity contribution in [2.45, 2.75) is 110 Å². The van der Waals surface area contributed by atoms with E-state index in [1.807, 2.05) is 0 Å². The van der Waals surface area contributed by atoms with Crippen LogP contribution in [0.1, 0.15) is 104 Å². The molecule has 0 radical (unpaired) electrons. The molecule has 0 fully saturated rings. The molecule has 0 aromatic heterocycles. The average molecular weight is 357 g/mol.